The molecule has 6 aromatic rings. The van der Waals surface area contributed by atoms with Crippen molar-refractivity contribution >= 4 is 34.1 Å². The first-order chi connectivity index (χ1) is 21.7. The van der Waals surface area contributed by atoms with Gasteiger partial charge in [-0.2, -0.15) is 0 Å². The number of hydrogen-bond donors (Lipinski definition) is 0. The largest absolute Gasteiger partial charge is 0.457 e. The van der Waals surface area contributed by atoms with E-state index in [1.54, 1.807) is 0 Å². The minimum absolute atomic E-state index is 0.792. The van der Waals surface area contributed by atoms with Gasteiger partial charge in [0.25, 0.3) is 0 Å². The fraction of sp³-hybridized carbons (Fsp3) is 0.143. The van der Waals surface area contributed by atoms with Gasteiger partial charge in [0.15, 0.2) is 0 Å². The first-order valence-electron chi connectivity index (χ1n) is 15.5. The molecule has 0 aliphatic rings. The van der Waals surface area contributed by atoms with Gasteiger partial charge in [-0.05, 0) is 161 Å². The van der Waals surface area contributed by atoms with Crippen molar-refractivity contribution in [3.05, 3.63) is 167 Å². The van der Waals surface area contributed by atoms with Gasteiger partial charge in [-0.15, -0.1) is 0 Å². The maximum absolute atomic E-state index is 6.33. The Morgan fingerprint density at radius 2 is 0.600 bits per heavy atom. The second-order valence-corrected chi connectivity index (χ2v) is 12.0. The molecule has 0 atom stereocenters. The average Bonchev–Trinajstić information content (AvgIpc) is 3.04. The molecule has 6 rings (SSSR count). The summed E-state index contributed by atoms with van der Waals surface area (Å²) in [6.45, 7) is 12.9. The van der Waals surface area contributed by atoms with Gasteiger partial charge in [0.05, 0.1) is 0 Å². The minimum Gasteiger partial charge on any atom is -0.457 e. The van der Waals surface area contributed by atoms with Crippen molar-refractivity contribution in [2.45, 2.75) is 41.5 Å². The Morgan fingerprint density at radius 3 is 0.911 bits per heavy atom. The van der Waals surface area contributed by atoms with Gasteiger partial charge in [-0.1, -0.05) is 47.5 Å². The molecule has 3 heteroatoms. The monoisotopic (exact) mass is 588 g/mol. The number of nitrogens with zero attached hydrogens (tertiary/aromatic N) is 2. The molecule has 3 nitrogen and oxygen atoms in total. The molecule has 0 radical (unpaired) electrons. The SMILES string of the molecule is Cc1ccc(N(c2ccc(Oc3ccc(N(c4ccc(C)cc4)c4ccc(C)c(C)c4)cc3)cc2)c2ccc(C)c(C)c2)cc1. The highest BCUT2D eigenvalue weighted by Gasteiger charge is 2.15. The van der Waals surface area contributed by atoms with Crippen molar-refractivity contribution in [3.8, 4) is 11.5 Å². The topological polar surface area (TPSA) is 15.7 Å². The van der Waals surface area contributed by atoms with Gasteiger partial charge in [-0.25, -0.2) is 0 Å². The van der Waals surface area contributed by atoms with Crippen LogP contribution in [0.2, 0.25) is 0 Å². The molecule has 0 aromatic heterocycles. The molecule has 0 fully saturated rings. The van der Waals surface area contributed by atoms with Crippen molar-refractivity contribution in [2.75, 3.05) is 9.80 Å². The smallest absolute Gasteiger partial charge is 0.127 e. The van der Waals surface area contributed by atoms with Gasteiger partial charge in [0.1, 0.15) is 11.5 Å². The zero-order chi connectivity index (χ0) is 31.5. The lowest BCUT2D eigenvalue weighted by atomic mass is 10.1. The molecule has 0 aliphatic carbocycles. The van der Waals surface area contributed by atoms with Gasteiger partial charge in [0, 0.05) is 34.1 Å². The van der Waals surface area contributed by atoms with Crippen molar-refractivity contribution in [2.24, 2.45) is 0 Å². The highest BCUT2D eigenvalue weighted by molar-refractivity contribution is 5.78. The van der Waals surface area contributed by atoms with Crippen LogP contribution in [0.4, 0.5) is 34.1 Å². The molecule has 0 saturated heterocycles. The van der Waals surface area contributed by atoms with Crippen LogP contribution in [-0.2, 0) is 0 Å². The van der Waals surface area contributed by atoms with Gasteiger partial charge in [0.2, 0.25) is 0 Å². The molecule has 0 amide bonds. The second-order valence-electron chi connectivity index (χ2n) is 12.0. The molecule has 6 aromatic carbocycles. The minimum atomic E-state index is 0.792. The molecule has 0 spiro atoms. The van der Waals surface area contributed by atoms with Crippen LogP contribution in [0.25, 0.3) is 0 Å². The number of rotatable bonds is 8. The third-order valence-electron chi connectivity index (χ3n) is 8.51. The highest BCUT2D eigenvalue weighted by atomic mass is 16.5. The summed E-state index contributed by atoms with van der Waals surface area (Å²) in [7, 11) is 0. The van der Waals surface area contributed by atoms with Crippen molar-refractivity contribution in [1.82, 2.24) is 0 Å². The van der Waals surface area contributed by atoms with Gasteiger partial charge in [-0.3, -0.25) is 0 Å². The van der Waals surface area contributed by atoms with Crippen molar-refractivity contribution in [3.63, 3.8) is 0 Å². The summed E-state index contributed by atoms with van der Waals surface area (Å²) < 4.78 is 6.33. The maximum Gasteiger partial charge on any atom is 0.127 e. The Morgan fingerprint density at radius 1 is 0.311 bits per heavy atom. The summed E-state index contributed by atoms with van der Waals surface area (Å²) in [6.07, 6.45) is 0. The number of anilines is 6. The van der Waals surface area contributed by atoms with Crippen LogP contribution < -0.4 is 14.5 Å². The molecular formula is C42H40N2O. The fourth-order valence-electron chi connectivity index (χ4n) is 5.47. The van der Waals surface area contributed by atoms with E-state index in [1.807, 2.05) is 24.3 Å². The summed E-state index contributed by atoms with van der Waals surface area (Å²) in [5, 5.41) is 0. The predicted octanol–water partition coefficient (Wildman–Crippen LogP) is 12.3. The van der Waals surface area contributed by atoms with E-state index in [0.717, 1.165) is 45.6 Å². The summed E-state index contributed by atoms with van der Waals surface area (Å²) in [5.74, 6) is 1.58. The molecular weight excluding hydrogens is 548 g/mol. The zero-order valence-electron chi connectivity index (χ0n) is 27.0. The summed E-state index contributed by atoms with van der Waals surface area (Å²) in [4.78, 5) is 4.58. The summed E-state index contributed by atoms with van der Waals surface area (Å²) in [5.41, 5.74) is 14.2. The standard InChI is InChI=1S/C42H40N2O/c1-29-7-13-35(14-8-29)43(39-17-11-31(3)33(5)27-39)37-19-23-41(24-20-37)45-42-25-21-38(22-26-42)44(36-15-9-30(2)10-16-36)40-18-12-32(4)34(6)28-40/h7-28H,1-6H3. The first-order valence-corrected chi connectivity index (χ1v) is 15.5. The third-order valence-corrected chi connectivity index (χ3v) is 8.51. The number of hydrogen-bond acceptors (Lipinski definition) is 3. The van der Waals surface area contributed by atoms with Crippen LogP contribution in [0.3, 0.4) is 0 Å². The Labute approximate surface area is 268 Å². The van der Waals surface area contributed by atoms with Crippen LogP contribution in [-0.4, -0.2) is 0 Å². The fourth-order valence-corrected chi connectivity index (χ4v) is 5.47. The molecule has 45 heavy (non-hydrogen) atoms. The Kier molecular flexibility index (Phi) is 8.44. The molecule has 224 valence electrons. The maximum atomic E-state index is 6.33. The first kappa shape index (κ1) is 29.8. The average molecular weight is 589 g/mol. The lowest BCUT2D eigenvalue weighted by Crippen LogP contribution is -2.10. The summed E-state index contributed by atoms with van der Waals surface area (Å²) in [6, 6.07) is 47.2. The lowest BCUT2D eigenvalue weighted by Gasteiger charge is -2.27. The highest BCUT2D eigenvalue weighted by Crippen LogP contribution is 2.39. The second kappa shape index (κ2) is 12.8. The summed E-state index contributed by atoms with van der Waals surface area (Å²) >= 11 is 0. The quantitative estimate of drug-likeness (QED) is 0.176. The Hall–Kier alpha value is -5.28. The van der Waals surface area contributed by atoms with E-state index >= 15 is 0 Å². The molecule has 0 bridgehead atoms. The Bertz CT molecular complexity index is 1760. The molecule has 0 saturated carbocycles. The van der Waals surface area contributed by atoms with E-state index < -0.39 is 0 Å². The Balaban J connectivity index is 1.26. The van der Waals surface area contributed by atoms with Crippen molar-refractivity contribution < 1.29 is 4.74 Å². The number of ether oxygens (including phenoxy) is 1. The van der Waals surface area contributed by atoms with Crippen molar-refractivity contribution in [1.29, 1.82) is 0 Å². The van der Waals surface area contributed by atoms with E-state index in [4.69, 9.17) is 4.74 Å². The van der Waals surface area contributed by atoms with E-state index in [2.05, 4.69) is 161 Å². The molecule has 0 heterocycles. The molecule has 0 aliphatic heterocycles. The predicted molar refractivity (Wildman–Crippen MR) is 191 cm³/mol. The van der Waals surface area contributed by atoms with E-state index in [9.17, 15) is 0 Å². The van der Waals surface area contributed by atoms with Crippen LogP contribution in [0.1, 0.15) is 33.4 Å². The van der Waals surface area contributed by atoms with E-state index in [1.165, 1.54) is 33.4 Å². The van der Waals surface area contributed by atoms with E-state index in [0.29, 0.717) is 0 Å². The third kappa shape index (κ3) is 6.63. The number of benzene rings is 6. The lowest BCUT2D eigenvalue weighted by molar-refractivity contribution is 0.483. The molecule has 0 N–H and O–H groups in total. The number of aryl methyl sites for hydroxylation is 6. The van der Waals surface area contributed by atoms with Gasteiger partial charge < -0.3 is 14.5 Å². The van der Waals surface area contributed by atoms with Crippen LogP contribution in [0, 0.1) is 41.5 Å². The zero-order valence-corrected chi connectivity index (χ0v) is 27.0. The van der Waals surface area contributed by atoms with Crippen LogP contribution in [0.15, 0.2) is 133 Å². The van der Waals surface area contributed by atoms with Crippen LogP contribution in [0.5, 0.6) is 11.5 Å². The normalized spacial score (nSPS) is 10.9. The molecule has 0 unspecified atom stereocenters. The van der Waals surface area contributed by atoms with Crippen LogP contribution >= 0.6 is 0 Å². The van der Waals surface area contributed by atoms with Gasteiger partial charge >= 0.3 is 0 Å². The van der Waals surface area contributed by atoms with E-state index in [-0.39, 0.29) is 0 Å².